The molecule has 2 aromatic carbocycles. The first-order valence-electron chi connectivity index (χ1n) is 8.93. The van der Waals surface area contributed by atoms with Crippen LogP contribution in [0.4, 0.5) is 0 Å². The van der Waals surface area contributed by atoms with Gasteiger partial charge in [-0.2, -0.15) is 0 Å². The van der Waals surface area contributed by atoms with Crippen molar-refractivity contribution in [3.8, 4) is 28.1 Å². The molecular formula is C21H17N3O4S. The molecule has 5 rings (SSSR count). The Morgan fingerprint density at radius 1 is 1.14 bits per heavy atom. The van der Waals surface area contributed by atoms with E-state index >= 15 is 0 Å². The number of hydrogen-bond acceptors (Lipinski definition) is 7. The number of imidazole rings is 1. The van der Waals surface area contributed by atoms with Gasteiger partial charge in [0.15, 0.2) is 5.76 Å². The number of aromatic hydroxyl groups is 1. The summed E-state index contributed by atoms with van der Waals surface area (Å²) in [4.78, 5) is 5.24. The SMILES string of the molecule is COc1nn2cc(-c3cc4c(O)c(Cc5ccccc5)c(OC)cc4o3)nc2s1. The van der Waals surface area contributed by atoms with Crippen LogP contribution in [-0.2, 0) is 6.42 Å². The number of fused-ring (bicyclic) bond motifs is 2. The van der Waals surface area contributed by atoms with E-state index in [9.17, 15) is 5.11 Å². The number of methoxy groups -OCH3 is 2. The summed E-state index contributed by atoms with van der Waals surface area (Å²) in [6.45, 7) is 0. The monoisotopic (exact) mass is 407 g/mol. The van der Waals surface area contributed by atoms with E-state index in [-0.39, 0.29) is 5.75 Å². The maximum atomic E-state index is 11.0. The molecular weight excluding hydrogens is 390 g/mol. The Balaban J connectivity index is 1.60. The third-order valence-corrected chi connectivity index (χ3v) is 5.64. The first kappa shape index (κ1) is 17.6. The van der Waals surface area contributed by atoms with Gasteiger partial charge in [-0.1, -0.05) is 30.3 Å². The number of furan rings is 1. The fourth-order valence-corrected chi connectivity index (χ4v) is 4.04. The molecule has 0 amide bonds. The number of rotatable bonds is 5. The van der Waals surface area contributed by atoms with E-state index in [1.165, 1.54) is 11.3 Å². The summed E-state index contributed by atoms with van der Waals surface area (Å²) in [7, 11) is 3.16. The molecule has 8 heteroatoms. The van der Waals surface area contributed by atoms with E-state index in [1.54, 1.807) is 37.1 Å². The van der Waals surface area contributed by atoms with Gasteiger partial charge in [-0.25, -0.2) is 9.50 Å². The highest BCUT2D eigenvalue weighted by Gasteiger charge is 2.20. The maximum absolute atomic E-state index is 11.0. The van der Waals surface area contributed by atoms with Crippen molar-refractivity contribution in [1.82, 2.24) is 14.6 Å². The number of aromatic nitrogens is 3. The molecule has 0 saturated heterocycles. The molecule has 3 aromatic heterocycles. The lowest BCUT2D eigenvalue weighted by Crippen LogP contribution is -1.95. The molecule has 7 nitrogen and oxygen atoms in total. The van der Waals surface area contributed by atoms with Gasteiger partial charge in [-0.05, 0) is 23.0 Å². The lowest BCUT2D eigenvalue weighted by molar-refractivity contribution is 0.402. The molecule has 29 heavy (non-hydrogen) atoms. The van der Waals surface area contributed by atoms with Gasteiger partial charge in [0.05, 0.1) is 25.8 Å². The third-order valence-electron chi connectivity index (χ3n) is 4.76. The molecule has 0 spiro atoms. The van der Waals surface area contributed by atoms with Crippen molar-refractivity contribution in [2.45, 2.75) is 6.42 Å². The summed E-state index contributed by atoms with van der Waals surface area (Å²) in [6, 6.07) is 13.5. The van der Waals surface area contributed by atoms with E-state index in [0.29, 0.717) is 44.7 Å². The van der Waals surface area contributed by atoms with Crippen LogP contribution in [0.5, 0.6) is 16.7 Å². The number of hydrogen-bond donors (Lipinski definition) is 1. The van der Waals surface area contributed by atoms with E-state index < -0.39 is 0 Å². The molecule has 0 bridgehead atoms. The molecule has 5 aromatic rings. The van der Waals surface area contributed by atoms with Crippen LogP contribution in [0, 0.1) is 0 Å². The van der Waals surface area contributed by atoms with Gasteiger partial charge in [-0.15, -0.1) is 5.10 Å². The Hall–Kier alpha value is -3.52. The molecule has 1 N–H and O–H groups in total. The van der Waals surface area contributed by atoms with Gasteiger partial charge >= 0.3 is 0 Å². The lowest BCUT2D eigenvalue weighted by atomic mass is 10.0. The lowest BCUT2D eigenvalue weighted by Gasteiger charge is -2.11. The van der Waals surface area contributed by atoms with Crippen molar-refractivity contribution >= 4 is 27.3 Å². The van der Waals surface area contributed by atoms with E-state index in [1.807, 2.05) is 30.3 Å². The van der Waals surface area contributed by atoms with Crippen molar-refractivity contribution in [2.75, 3.05) is 14.2 Å². The van der Waals surface area contributed by atoms with Crippen LogP contribution in [-0.4, -0.2) is 33.9 Å². The van der Waals surface area contributed by atoms with Crippen LogP contribution in [0.1, 0.15) is 11.1 Å². The largest absolute Gasteiger partial charge is 0.507 e. The number of nitrogens with zero attached hydrogens (tertiary/aromatic N) is 3. The van der Waals surface area contributed by atoms with Gasteiger partial charge in [0, 0.05) is 18.1 Å². The zero-order valence-corrected chi connectivity index (χ0v) is 16.6. The second-order valence-electron chi connectivity index (χ2n) is 6.52. The Morgan fingerprint density at radius 2 is 1.97 bits per heavy atom. The summed E-state index contributed by atoms with van der Waals surface area (Å²) >= 11 is 1.34. The van der Waals surface area contributed by atoms with Crippen molar-refractivity contribution in [3.63, 3.8) is 0 Å². The second kappa shape index (κ2) is 6.82. The van der Waals surface area contributed by atoms with Crippen LogP contribution in [0.3, 0.4) is 0 Å². The van der Waals surface area contributed by atoms with Gasteiger partial charge in [0.1, 0.15) is 22.8 Å². The molecule has 0 saturated carbocycles. The summed E-state index contributed by atoms with van der Waals surface area (Å²) in [5.74, 6) is 1.28. The Kier molecular flexibility index (Phi) is 4.13. The molecule has 0 unspecified atom stereocenters. The summed E-state index contributed by atoms with van der Waals surface area (Å²) < 4.78 is 18.3. The van der Waals surface area contributed by atoms with Crippen LogP contribution in [0.15, 0.2) is 53.1 Å². The number of benzene rings is 2. The van der Waals surface area contributed by atoms with Crippen molar-refractivity contribution in [2.24, 2.45) is 0 Å². The zero-order chi connectivity index (χ0) is 20.0. The smallest absolute Gasteiger partial charge is 0.294 e. The first-order chi connectivity index (χ1) is 14.2. The van der Waals surface area contributed by atoms with Gasteiger partial charge in [-0.3, -0.25) is 0 Å². The predicted octanol–water partition coefficient (Wildman–Crippen LogP) is 4.52. The van der Waals surface area contributed by atoms with Crippen molar-refractivity contribution in [1.29, 1.82) is 0 Å². The standard InChI is InChI=1S/C21H17N3O4S/c1-26-16-10-17-14(19(25)13(16)8-12-6-4-3-5-7-12)9-18(28-17)15-11-24-20(22-15)29-21(23-24)27-2/h3-7,9-11,25H,8H2,1-2H3. The summed E-state index contributed by atoms with van der Waals surface area (Å²) in [5.41, 5.74) is 2.97. The fraction of sp³-hybridized carbons (Fsp3) is 0.143. The highest BCUT2D eigenvalue weighted by atomic mass is 32.1. The third kappa shape index (κ3) is 2.98. The molecule has 0 radical (unpaired) electrons. The average molecular weight is 407 g/mol. The fourth-order valence-electron chi connectivity index (χ4n) is 3.35. The Labute approximate surface area is 169 Å². The summed E-state index contributed by atoms with van der Waals surface area (Å²) in [6.07, 6.45) is 2.32. The van der Waals surface area contributed by atoms with E-state index in [4.69, 9.17) is 13.9 Å². The van der Waals surface area contributed by atoms with Crippen LogP contribution in [0.25, 0.3) is 27.4 Å². The Morgan fingerprint density at radius 3 is 2.69 bits per heavy atom. The minimum Gasteiger partial charge on any atom is -0.507 e. The normalized spacial score (nSPS) is 11.4. The molecule has 146 valence electrons. The minimum atomic E-state index is 0.152. The molecule has 0 fully saturated rings. The maximum Gasteiger partial charge on any atom is 0.294 e. The molecule has 0 aliphatic carbocycles. The van der Waals surface area contributed by atoms with Gasteiger partial charge < -0.3 is 19.0 Å². The van der Waals surface area contributed by atoms with E-state index in [0.717, 1.165) is 11.1 Å². The van der Waals surface area contributed by atoms with Crippen LogP contribution in [0.2, 0.25) is 0 Å². The van der Waals surface area contributed by atoms with Gasteiger partial charge in [0.25, 0.3) is 5.19 Å². The highest BCUT2D eigenvalue weighted by molar-refractivity contribution is 7.18. The van der Waals surface area contributed by atoms with E-state index in [2.05, 4.69) is 10.1 Å². The number of phenols is 1. The first-order valence-corrected chi connectivity index (χ1v) is 9.75. The zero-order valence-electron chi connectivity index (χ0n) is 15.7. The van der Waals surface area contributed by atoms with Crippen LogP contribution >= 0.6 is 11.3 Å². The van der Waals surface area contributed by atoms with Crippen LogP contribution < -0.4 is 9.47 Å². The second-order valence-corrected chi connectivity index (χ2v) is 7.43. The summed E-state index contributed by atoms with van der Waals surface area (Å²) in [5, 5.41) is 16.4. The average Bonchev–Trinajstić information content (AvgIpc) is 3.43. The van der Waals surface area contributed by atoms with Gasteiger partial charge in [0.2, 0.25) is 4.96 Å². The minimum absolute atomic E-state index is 0.152. The molecule has 0 aliphatic heterocycles. The number of phenolic OH excluding ortho intramolecular Hbond substituents is 1. The van der Waals surface area contributed by atoms with Crippen molar-refractivity contribution < 1.29 is 19.0 Å². The number of ether oxygens (including phenoxy) is 2. The molecule has 0 atom stereocenters. The predicted molar refractivity (Wildman–Crippen MR) is 110 cm³/mol. The van der Waals surface area contributed by atoms with Crippen molar-refractivity contribution in [3.05, 3.63) is 59.8 Å². The molecule has 0 aliphatic rings. The quantitative estimate of drug-likeness (QED) is 0.461. The Bertz CT molecular complexity index is 1290. The highest BCUT2D eigenvalue weighted by Crippen LogP contribution is 2.41. The molecule has 3 heterocycles. The topological polar surface area (TPSA) is 82.0 Å².